The molecule has 3 aromatic rings. The second-order valence-electron chi connectivity index (χ2n) is 5.85. The van der Waals surface area contributed by atoms with E-state index in [0.29, 0.717) is 5.69 Å². The van der Waals surface area contributed by atoms with Crippen LogP contribution in [-0.4, -0.2) is 16.8 Å². The van der Waals surface area contributed by atoms with E-state index < -0.39 is 19.9 Å². The Morgan fingerprint density at radius 3 is 2.04 bits per heavy atom. The number of halogens is 1. The van der Waals surface area contributed by atoms with Crippen LogP contribution in [0.5, 0.6) is 0 Å². The maximum Gasteiger partial charge on any atom is 0.261 e. The van der Waals surface area contributed by atoms with Gasteiger partial charge in [-0.15, -0.1) is 0 Å². The highest BCUT2D eigenvalue weighted by Crippen LogP contribution is 2.26. The SMILES string of the molecule is Cc1ccccc1NS(=O)(=O)c1cccc(S(=O)(=O)c2ccc(Br)cc2)c1. The molecule has 140 valence electrons. The second-order valence-corrected chi connectivity index (χ2v) is 10.4. The maximum atomic E-state index is 12.8. The first kappa shape index (κ1) is 19.6. The summed E-state index contributed by atoms with van der Waals surface area (Å²) in [5, 5.41) is 0. The number of aryl methyl sites for hydroxylation is 1. The van der Waals surface area contributed by atoms with Crippen molar-refractivity contribution in [3.05, 3.63) is 82.8 Å². The molecule has 0 fully saturated rings. The Morgan fingerprint density at radius 1 is 0.741 bits per heavy atom. The van der Waals surface area contributed by atoms with E-state index >= 15 is 0 Å². The van der Waals surface area contributed by atoms with E-state index in [9.17, 15) is 16.8 Å². The van der Waals surface area contributed by atoms with Gasteiger partial charge in [-0.25, -0.2) is 16.8 Å². The third-order valence-corrected chi connectivity index (χ3v) is 7.60. The Balaban J connectivity index is 2.00. The molecule has 0 aliphatic carbocycles. The first-order valence-electron chi connectivity index (χ1n) is 7.89. The largest absolute Gasteiger partial charge is 0.279 e. The zero-order chi connectivity index (χ0) is 19.7. The smallest absolute Gasteiger partial charge is 0.261 e. The lowest BCUT2D eigenvalue weighted by atomic mass is 10.2. The van der Waals surface area contributed by atoms with Crippen LogP contribution in [0.15, 0.2) is 92.0 Å². The fourth-order valence-corrected chi connectivity index (χ4v) is 5.27. The molecular weight excluding hydrogens is 450 g/mol. The summed E-state index contributed by atoms with van der Waals surface area (Å²) < 4.78 is 54.3. The Kier molecular flexibility index (Phi) is 5.41. The third-order valence-electron chi connectivity index (χ3n) is 3.94. The minimum atomic E-state index is -3.93. The van der Waals surface area contributed by atoms with Crippen molar-refractivity contribution in [3.8, 4) is 0 Å². The number of rotatable bonds is 5. The van der Waals surface area contributed by atoms with Crippen LogP contribution >= 0.6 is 15.9 Å². The fourth-order valence-electron chi connectivity index (χ4n) is 2.45. The van der Waals surface area contributed by atoms with Crippen molar-refractivity contribution in [2.45, 2.75) is 21.6 Å². The van der Waals surface area contributed by atoms with Gasteiger partial charge in [0, 0.05) is 4.47 Å². The molecule has 0 aromatic heterocycles. The number of para-hydroxylation sites is 1. The van der Waals surface area contributed by atoms with Crippen molar-refractivity contribution >= 4 is 41.5 Å². The van der Waals surface area contributed by atoms with Gasteiger partial charge in [0.25, 0.3) is 10.0 Å². The summed E-state index contributed by atoms with van der Waals surface area (Å²) in [7, 11) is -7.76. The summed E-state index contributed by atoms with van der Waals surface area (Å²) in [5.41, 5.74) is 1.21. The second kappa shape index (κ2) is 7.46. The van der Waals surface area contributed by atoms with E-state index in [1.54, 1.807) is 43.3 Å². The van der Waals surface area contributed by atoms with Gasteiger partial charge in [-0.05, 0) is 61.0 Å². The predicted molar refractivity (Wildman–Crippen MR) is 108 cm³/mol. The van der Waals surface area contributed by atoms with Crippen molar-refractivity contribution in [1.82, 2.24) is 0 Å². The van der Waals surface area contributed by atoms with Crippen LogP contribution in [0.1, 0.15) is 5.56 Å². The lowest BCUT2D eigenvalue weighted by Gasteiger charge is -2.11. The molecule has 3 rings (SSSR count). The van der Waals surface area contributed by atoms with Crippen LogP contribution in [0.25, 0.3) is 0 Å². The molecule has 0 atom stereocenters. The van der Waals surface area contributed by atoms with Crippen molar-refractivity contribution in [2.75, 3.05) is 4.72 Å². The van der Waals surface area contributed by atoms with Crippen LogP contribution in [0.2, 0.25) is 0 Å². The number of sulfone groups is 1. The zero-order valence-electron chi connectivity index (χ0n) is 14.3. The molecule has 0 spiro atoms. The molecule has 0 amide bonds. The Labute approximate surface area is 167 Å². The summed E-state index contributed by atoms with van der Waals surface area (Å²) in [6.07, 6.45) is 0. The van der Waals surface area contributed by atoms with Gasteiger partial charge in [-0.2, -0.15) is 0 Å². The van der Waals surface area contributed by atoms with Gasteiger partial charge < -0.3 is 0 Å². The molecule has 0 saturated carbocycles. The van der Waals surface area contributed by atoms with Crippen molar-refractivity contribution in [1.29, 1.82) is 0 Å². The summed E-state index contributed by atoms with van der Waals surface area (Å²) in [4.78, 5) is -0.117. The molecular formula is C19H16BrNO4S2. The van der Waals surface area contributed by atoms with Gasteiger partial charge in [0.15, 0.2) is 0 Å². The first-order chi connectivity index (χ1) is 12.7. The van der Waals surface area contributed by atoms with E-state index in [2.05, 4.69) is 20.7 Å². The number of hydrogen-bond donors (Lipinski definition) is 1. The molecule has 3 aromatic carbocycles. The zero-order valence-corrected chi connectivity index (χ0v) is 17.5. The van der Waals surface area contributed by atoms with Crippen molar-refractivity contribution in [2.24, 2.45) is 0 Å². The van der Waals surface area contributed by atoms with Crippen molar-refractivity contribution in [3.63, 3.8) is 0 Å². The molecule has 0 radical (unpaired) electrons. The minimum Gasteiger partial charge on any atom is -0.279 e. The Hall–Kier alpha value is -2.16. The molecule has 0 saturated heterocycles. The molecule has 0 aliphatic rings. The molecule has 0 aliphatic heterocycles. The van der Waals surface area contributed by atoms with Crippen LogP contribution in [0, 0.1) is 6.92 Å². The van der Waals surface area contributed by atoms with Gasteiger partial charge in [0.2, 0.25) is 9.84 Å². The lowest BCUT2D eigenvalue weighted by Crippen LogP contribution is -2.14. The molecule has 0 bridgehead atoms. The quantitative estimate of drug-likeness (QED) is 0.605. The number of sulfonamides is 1. The monoisotopic (exact) mass is 465 g/mol. The predicted octanol–water partition coefficient (Wildman–Crippen LogP) is 4.39. The molecule has 5 nitrogen and oxygen atoms in total. The molecule has 0 unspecified atom stereocenters. The van der Waals surface area contributed by atoms with Gasteiger partial charge in [-0.1, -0.05) is 40.2 Å². The highest BCUT2D eigenvalue weighted by atomic mass is 79.9. The van der Waals surface area contributed by atoms with Crippen LogP contribution in [0.3, 0.4) is 0 Å². The maximum absolute atomic E-state index is 12.8. The number of nitrogens with one attached hydrogen (secondary N) is 1. The number of hydrogen-bond acceptors (Lipinski definition) is 4. The van der Waals surface area contributed by atoms with Gasteiger partial charge >= 0.3 is 0 Å². The van der Waals surface area contributed by atoms with Gasteiger partial charge in [0.1, 0.15) is 0 Å². The average molecular weight is 466 g/mol. The number of benzene rings is 3. The summed E-state index contributed by atoms with van der Waals surface area (Å²) in [6, 6.07) is 18.4. The van der Waals surface area contributed by atoms with Crippen LogP contribution in [-0.2, 0) is 19.9 Å². The minimum absolute atomic E-state index is 0.0857. The van der Waals surface area contributed by atoms with Crippen LogP contribution < -0.4 is 4.72 Å². The fraction of sp³-hybridized carbons (Fsp3) is 0.0526. The van der Waals surface area contributed by atoms with E-state index in [1.807, 2.05) is 0 Å². The Morgan fingerprint density at radius 2 is 1.37 bits per heavy atom. The van der Waals surface area contributed by atoms with Crippen molar-refractivity contribution < 1.29 is 16.8 Å². The average Bonchev–Trinajstić information content (AvgIpc) is 2.64. The van der Waals surface area contributed by atoms with E-state index in [1.165, 1.54) is 30.3 Å². The third kappa shape index (κ3) is 4.23. The number of anilines is 1. The van der Waals surface area contributed by atoms with E-state index in [0.717, 1.165) is 16.1 Å². The normalized spacial score (nSPS) is 11.9. The lowest BCUT2D eigenvalue weighted by molar-refractivity contribution is 0.595. The molecule has 27 heavy (non-hydrogen) atoms. The van der Waals surface area contributed by atoms with E-state index in [-0.39, 0.29) is 14.7 Å². The highest BCUT2D eigenvalue weighted by Gasteiger charge is 2.22. The Bertz CT molecular complexity index is 1190. The molecule has 0 heterocycles. The van der Waals surface area contributed by atoms with Gasteiger partial charge in [-0.3, -0.25) is 4.72 Å². The van der Waals surface area contributed by atoms with E-state index in [4.69, 9.17) is 0 Å². The summed E-state index contributed by atoms with van der Waals surface area (Å²) >= 11 is 3.26. The standard InChI is InChI=1S/C19H16BrNO4S2/c1-14-5-2-3-8-19(14)21-27(24,25)18-7-4-6-17(13-18)26(22,23)16-11-9-15(20)10-12-16/h2-13,21H,1H3. The first-order valence-corrected chi connectivity index (χ1v) is 11.7. The summed E-state index contributed by atoms with van der Waals surface area (Å²) in [6.45, 7) is 1.78. The highest BCUT2D eigenvalue weighted by molar-refractivity contribution is 9.10. The topological polar surface area (TPSA) is 80.3 Å². The molecule has 1 N–H and O–H groups in total. The molecule has 8 heteroatoms. The van der Waals surface area contributed by atoms with Crippen LogP contribution in [0.4, 0.5) is 5.69 Å². The summed E-state index contributed by atoms with van der Waals surface area (Å²) in [5.74, 6) is 0. The van der Waals surface area contributed by atoms with Gasteiger partial charge in [0.05, 0.1) is 20.4 Å².